The van der Waals surface area contributed by atoms with Crippen molar-refractivity contribution in [3.63, 3.8) is 0 Å². The van der Waals surface area contributed by atoms with Crippen molar-refractivity contribution >= 4 is 38.9 Å². The maximum Gasteiger partial charge on any atom is 0.307 e. The molecular formula is C15H10ClNO2S. The minimum atomic E-state index is -0.0768. The first kappa shape index (κ1) is 13.1. The number of halogens is 1. The number of aryl methyl sites for hydroxylation is 1. The van der Waals surface area contributed by atoms with Gasteiger partial charge in [-0.15, -0.1) is 0 Å². The standard InChI is InChI=1S/C15H10ClNO2S/c1-17-12-7-4-10(8-13(12)20-15(17)19)14(18)9-2-5-11(16)6-3-9/h2-8H,1H3. The Kier molecular flexibility index (Phi) is 3.20. The maximum atomic E-state index is 12.4. The highest BCUT2D eigenvalue weighted by Gasteiger charge is 2.11. The lowest BCUT2D eigenvalue weighted by atomic mass is 10.0. The van der Waals surface area contributed by atoms with Crippen LogP contribution in [0.2, 0.25) is 5.02 Å². The van der Waals surface area contributed by atoms with Gasteiger partial charge in [0.15, 0.2) is 5.78 Å². The molecule has 0 atom stereocenters. The molecule has 20 heavy (non-hydrogen) atoms. The van der Waals surface area contributed by atoms with E-state index in [0.29, 0.717) is 16.1 Å². The Balaban J connectivity index is 2.08. The molecule has 0 unspecified atom stereocenters. The molecule has 5 heteroatoms. The SMILES string of the molecule is Cn1c(=O)sc2cc(C(=O)c3ccc(Cl)cc3)ccc21. The van der Waals surface area contributed by atoms with Crippen molar-refractivity contribution in [3.8, 4) is 0 Å². The van der Waals surface area contributed by atoms with Crippen LogP contribution in [0.5, 0.6) is 0 Å². The lowest BCUT2D eigenvalue weighted by Gasteiger charge is -2.02. The molecule has 0 N–H and O–H groups in total. The quantitative estimate of drug-likeness (QED) is 0.680. The number of aromatic nitrogens is 1. The van der Waals surface area contributed by atoms with Crippen LogP contribution in [0.4, 0.5) is 0 Å². The van der Waals surface area contributed by atoms with E-state index in [1.54, 1.807) is 54.1 Å². The van der Waals surface area contributed by atoms with E-state index in [9.17, 15) is 9.59 Å². The summed E-state index contributed by atoms with van der Waals surface area (Å²) in [7, 11) is 1.72. The van der Waals surface area contributed by atoms with Crippen LogP contribution in [0.25, 0.3) is 10.2 Å². The number of nitrogens with zero attached hydrogens (tertiary/aromatic N) is 1. The van der Waals surface area contributed by atoms with Crippen molar-refractivity contribution in [2.75, 3.05) is 0 Å². The fraction of sp³-hybridized carbons (Fsp3) is 0.0667. The smallest absolute Gasteiger partial charge is 0.302 e. The zero-order valence-electron chi connectivity index (χ0n) is 10.6. The van der Waals surface area contributed by atoms with Gasteiger partial charge in [-0.25, -0.2) is 0 Å². The van der Waals surface area contributed by atoms with Gasteiger partial charge in [-0.1, -0.05) is 22.9 Å². The van der Waals surface area contributed by atoms with E-state index in [2.05, 4.69) is 0 Å². The van der Waals surface area contributed by atoms with Gasteiger partial charge in [0, 0.05) is 23.2 Å². The Bertz CT molecular complexity index is 862. The Morgan fingerprint density at radius 3 is 2.45 bits per heavy atom. The number of rotatable bonds is 2. The summed E-state index contributed by atoms with van der Waals surface area (Å²) < 4.78 is 2.40. The summed E-state index contributed by atoms with van der Waals surface area (Å²) in [6, 6.07) is 12.1. The van der Waals surface area contributed by atoms with Gasteiger partial charge in [0.05, 0.1) is 10.2 Å². The van der Waals surface area contributed by atoms with Gasteiger partial charge >= 0.3 is 4.87 Å². The molecule has 0 saturated carbocycles. The molecule has 3 rings (SSSR count). The molecule has 3 aromatic rings. The molecule has 0 saturated heterocycles. The molecule has 0 radical (unpaired) electrons. The average Bonchev–Trinajstić information content (AvgIpc) is 2.74. The topological polar surface area (TPSA) is 39.1 Å². The predicted octanol–water partition coefficient (Wildman–Crippen LogP) is 3.48. The van der Waals surface area contributed by atoms with E-state index in [0.717, 1.165) is 21.6 Å². The molecule has 0 aliphatic carbocycles. The first-order chi connectivity index (χ1) is 9.56. The van der Waals surface area contributed by atoms with Crippen molar-refractivity contribution < 1.29 is 4.79 Å². The van der Waals surface area contributed by atoms with Crippen LogP contribution in [0.15, 0.2) is 47.3 Å². The zero-order chi connectivity index (χ0) is 14.3. The predicted molar refractivity (Wildman–Crippen MR) is 82.0 cm³/mol. The molecule has 0 fully saturated rings. The van der Waals surface area contributed by atoms with Crippen molar-refractivity contribution in [1.29, 1.82) is 0 Å². The number of carbonyl (C=O) groups excluding carboxylic acids is 1. The van der Waals surface area contributed by atoms with Gasteiger partial charge in [-0.2, -0.15) is 0 Å². The highest BCUT2D eigenvalue weighted by Crippen LogP contribution is 2.21. The molecule has 1 heterocycles. The molecule has 0 bridgehead atoms. The molecule has 2 aromatic carbocycles. The van der Waals surface area contributed by atoms with Crippen molar-refractivity contribution in [1.82, 2.24) is 4.57 Å². The molecular weight excluding hydrogens is 294 g/mol. The second-order valence-electron chi connectivity index (χ2n) is 4.45. The Labute approximate surface area is 124 Å². The van der Waals surface area contributed by atoms with Crippen LogP contribution < -0.4 is 4.87 Å². The Morgan fingerprint density at radius 1 is 1.10 bits per heavy atom. The summed E-state index contributed by atoms with van der Waals surface area (Å²) in [5.41, 5.74) is 1.99. The summed E-state index contributed by atoms with van der Waals surface area (Å²) in [5.74, 6) is -0.0768. The van der Waals surface area contributed by atoms with E-state index in [4.69, 9.17) is 11.6 Å². The number of fused-ring (bicyclic) bond motifs is 1. The van der Waals surface area contributed by atoms with Crippen molar-refractivity contribution in [2.45, 2.75) is 0 Å². The van der Waals surface area contributed by atoms with Crippen LogP contribution in [-0.4, -0.2) is 10.4 Å². The Hall–Kier alpha value is -1.91. The van der Waals surface area contributed by atoms with E-state index in [1.807, 2.05) is 0 Å². The van der Waals surface area contributed by atoms with E-state index in [-0.39, 0.29) is 10.7 Å². The zero-order valence-corrected chi connectivity index (χ0v) is 12.2. The fourth-order valence-electron chi connectivity index (χ4n) is 2.04. The van der Waals surface area contributed by atoms with Gasteiger partial charge in [-0.3, -0.25) is 9.59 Å². The first-order valence-corrected chi connectivity index (χ1v) is 7.15. The molecule has 0 aliphatic heterocycles. The van der Waals surface area contributed by atoms with Gasteiger partial charge in [-0.05, 0) is 42.5 Å². The van der Waals surface area contributed by atoms with Gasteiger partial charge in [0.2, 0.25) is 0 Å². The summed E-state index contributed by atoms with van der Waals surface area (Å²) in [6.07, 6.45) is 0. The van der Waals surface area contributed by atoms with Crippen molar-refractivity contribution in [2.24, 2.45) is 7.05 Å². The minimum absolute atomic E-state index is 0.0314. The number of thiazole rings is 1. The second-order valence-corrected chi connectivity index (χ2v) is 5.88. The highest BCUT2D eigenvalue weighted by molar-refractivity contribution is 7.16. The fourth-order valence-corrected chi connectivity index (χ4v) is 3.09. The van der Waals surface area contributed by atoms with E-state index in [1.165, 1.54) is 0 Å². The van der Waals surface area contributed by atoms with Crippen molar-refractivity contribution in [3.05, 3.63) is 68.3 Å². The lowest BCUT2D eigenvalue weighted by Crippen LogP contribution is -2.06. The summed E-state index contributed by atoms with van der Waals surface area (Å²) in [5, 5.41) is 0.596. The van der Waals surface area contributed by atoms with Gasteiger partial charge in [0.25, 0.3) is 0 Å². The third-order valence-electron chi connectivity index (χ3n) is 3.16. The number of hydrogen-bond donors (Lipinski definition) is 0. The normalized spacial score (nSPS) is 10.9. The molecule has 1 aromatic heterocycles. The molecule has 3 nitrogen and oxygen atoms in total. The van der Waals surface area contributed by atoms with Crippen LogP contribution in [-0.2, 0) is 7.05 Å². The second kappa shape index (κ2) is 4.89. The molecule has 0 aliphatic rings. The van der Waals surface area contributed by atoms with E-state index < -0.39 is 0 Å². The number of ketones is 1. The van der Waals surface area contributed by atoms with Gasteiger partial charge < -0.3 is 4.57 Å². The van der Waals surface area contributed by atoms with Crippen LogP contribution in [0.1, 0.15) is 15.9 Å². The van der Waals surface area contributed by atoms with Gasteiger partial charge in [0.1, 0.15) is 0 Å². The average molecular weight is 304 g/mol. The molecule has 0 spiro atoms. The monoisotopic (exact) mass is 303 g/mol. The van der Waals surface area contributed by atoms with Crippen LogP contribution >= 0.6 is 22.9 Å². The number of carbonyl (C=O) groups is 1. The highest BCUT2D eigenvalue weighted by atomic mass is 35.5. The van der Waals surface area contributed by atoms with Crippen LogP contribution in [0, 0.1) is 0 Å². The third kappa shape index (κ3) is 2.17. The summed E-state index contributed by atoms with van der Waals surface area (Å²) >= 11 is 6.96. The molecule has 100 valence electrons. The Morgan fingerprint density at radius 2 is 1.75 bits per heavy atom. The third-order valence-corrected chi connectivity index (χ3v) is 4.41. The largest absolute Gasteiger partial charge is 0.307 e. The lowest BCUT2D eigenvalue weighted by molar-refractivity contribution is 0.103. The summed E-state index contributed by atoms with van der Waals surface area (Å²) in [6.45, 7) is 0. The van der Waals surface area contributed by atoms with Crippen LogP contribution in [0.3, 0.4) is 0 Å². The van der Waals surface area contributed by atoms with E-state index >= 15 is 0 Å². The minimum Gasteiger partial charge on any atom is -0.302 e. The first-order valence-electron chi connectivity index (χ1n) is 5.96. The maximum absolute atomic E-state index is 12.4. The summed E-state index contributed by atoms with van der Waals surface area (Å²) in [4.78, 5) is 23.9. The number of benzene rings is 2. The number of hydrogen-bond acceptors (Lipinski definition) is 3. The molecule has 0 amide bonds.